The van der Waals surface area contributed by atoms with E-state index >= 15 is 0 Å². The highest BCUT2D eigenvalue weighted by Crippen LogP contribution is 2.32. The summed E-state index contributed by atoms with van der Waals surface area (Å²) < 4.78 is 0.395. The zero-order valence-electron chi connectivity index (χ0n) is 15.2. The number of nitrogens with zero attached hydrogens (tertiary/aromatic N) is 1. The average Bonchev–Trinajstić information content (AvgIpc) is 2.91. The molecule has 0 spiro atoms. The highest BCUT2D eigenvalue weighted by atomic mass is 32.2. The molecule has 1 saturated heterocycles. The third kappa shape index (κ3) is 5.64. The van der Waals surface area contributed by atoms with E-state index in [1.165, 1.54) is 16.7 Å². The van der Waals surface area contributed by atoms with Crippen LogP contribution in [0.2, 0.25) is 0 Å². The number of thioether (sulfide) groups is 1. The fourth-order valence-corrected chi connectivity index (χ4v) is 3.84. The molecule has 1 aromatic rings. The molecule has 1 fully saturated rings. The second-order valence-corrected chi connectivity index (χ2v) is 7.94. The minimum atomic E-state index is -1.06. The van der Waals surface area contributed by atoms with Gasteiger partial charge < -0.3 is 10.4 Å². The Morgan fingerprint density at radius 3 is 2.59 bits per heavy atom. The number of amides is 2. The lowest BCUT2D eigenvalue weighted by Crippen LogP contribution is -2.46. The van der Waals surface area contributed by atoms with E-state index in [0.717, 1.165) is 5.56 Å². The summed E-state index contributed by atoms with van der Waals surface area (Å²) in [4.78, 5) is 37.9. The zero-order chi connectivity index (χ0) is 20.0. The molecule has 0 radical (unpaired) electrons. The second-order valence-electron chi connectivity index (χ2n) is 6.26. The van der Waals surface area contributed by atoms with Crippen LogP contribution < -0.4 is 5.32 Å². The number of aliphatic carboxylic acids is 1. The summed E-state index contributed by atoms with van der Waals surface area (Å²) >= 11 is 6.45. The maximum Gasteiger partial charge on any atom is 0.326 e. The Labute approximate surface area is 168 Å². The number of carboxylic acid groups (broad SMARTS) is 1. The molecule has 1 aliphatic heterocycles. The first-order valence-electron chi connectivity index (χ1n) is 8.66. The molecule has 27 heavy (non-hydrogen) atoms. The maximum absolute atomic E-state index is 12.5. The van der Waals surface area contributed by atoms with Crippen molar-refractivity contribution in [2.24, 2.45) is 5.92 Å². The molecule has 6 nitrogen and oxygen atoms in total. The molecule has 2 atom stereocenters. The molecule has 0 bridgehead atoms. The van der Waals surface area contributed by atoms with Crippen LogP contribution in [0.15, 0.2) is 35.2 Å². The number of benzene rings is 1. The molecule has 144 valence electrons. The number of nitrogens with one attached hydrogen (secondary N) is 1. The maximum atomic E-state index is 12.5. The van der Waals surface area contributed by atoms with E-state index in [-0.39, 0.29) is 24.8 Å². The van der Waals surface area contributed by atoms with Gasteiger partial charge in [0.05, 0.1) is 4.91 Å². The van der Waals surface area contributed by atoms with Gasteiger partial charge in [-0.1, -0.05) is 74.6 Å². The van der Waals surface area contributed by atoms with Gasteiger partial charge in [-0.15, -0.1) is 0 Å². The van der Waals surface area contributed by atoms with Crippen LogP contribution >= 0.6 is 24.0 Å². The normalized spacial score (nSPS) is 17.9. The molecular formula is C19H22N2O4S2. The molecule has 2 amide bonds. The average molecular weight is 407 g/mol. The summed E-state index contributed by atoms with van der Waals surface area (Å²) in [5, 5.41) is 11.8. The largest absolute Gasteiger partial charge is 0.480 e. The van der Waals surface area contributed by atoms with E-state index in [9.17, 15) is 19.5 Å². The van der Waals surface area contributed by atoms with Crippen molar-refractivity contribution in [3.8, 4) is 0 Å². The van der Waals surface area contributed by atoms with E-state index in [1.54, 1.807) is 13.0 Å². The van der Waals surface area contributed by atoms with Gasteiger partial charge in [-0.3, -0.25) is 14.5 Å². The third-order valence-electron chi connectivity index (χ3n) is 4.33. The van der Waals surface area contributed by atoms with Crippen molar-refractivity contribution in [1.82, 2.24) is 10.2 Å². The molecule has 2 unspecified atom stereocenters. The lowest BCUT2D eigenvalue weighted by Gasteiger charge is -2.21. The van der Waals surface area contributed by atoms with E-state index in [1.807, 2.05) is 37.3 Å². The predicted molar refractivity (Wildman–Crippen MR) is 110 cm³/mol. The molecular weight excluding hydrogens is 384 g/mol. The number of hydrogen-bond donors (Lipinski definition) is 2. The van der Waals surface area contributed by atoms with Crippen LogP contribution in [0.3, 0.4) is 0 Å². The van der Waals surface area contributed by atoms with Crippen molar-refractivity contribution in [3.63, 3.8) is 0 Å². The van der Waals surface area contributed by atoms with Gasteiger partial charge in [0.15, 0.2) is 0 Å². The van der Waals surface area contributed by atoms with Crippen molar-refractivity contribution in [1.29, 1.82) is 0 Å². The first-order valence-corrected chi connectivity index (χ1v) is 9.88. The summed E-state index contributed by atoms with van der Waals surface area (Å²) in [7, 11) is 0. The van der Waals surface area contributed by atoms with Crippen LogP contribution in [-0.2, 0) is 14.4 Å². The van der Waals surface area contributed by atoms with E-state index < -0.39 is 17.9 Å². The van der Waals surface area contributed by atoms with Crippen LogP contribution in [0.1, 0.15) is 32.3 Å². The summed E-state index contributed by atoms with van der Waals surface area (Å²) in [6, 6.07) is 8.50. The summed E-state index contributed by atoms with van der Waals surface area (Å²) in [6.45, 7) is 3.76. The van der Waals surface area contributed by atoms with Gasteiger partial charge in [0.2, 0.25) is 5.91 Å². The van der Waals surface area contributed by atoms with Gasteiger partial charge in [-0.2, -0.15) is 0 Å². The molecule has 0 aliphatic carbocycles. The number of carboxylic acids is 1. The number of hydrogen-bond acceptors (Lipinski definition) is 5. The Bertz CT molecular complexity index is 764. The third-order valence-corrected chi connectivity index (χ3v) is 5.71. The van der Waals surface area contributed by atoms with Gasteiger partial charge in [0.25, 0.3) is 5.91 Å². The molecule has 0 saturated carbocycles. The van der Waals surface area contributed by atoms with Crippen molar-refractivity contribution in [2.75, 3.05) is 6.54 Å². The van der Waals surface area contributed by atoms with Crippen molar-refractivity contribution in [3.05, 3.63) is 40.8 Å². The van der Waals surface area contributed by atoms with Gasteiger partial charge in [-0.25, -0.2) is 4.79 Å². The molecule has 2 rings (SSSR count). The van der Waals surface area contributed by atoms with E-state index in [4.69, 9.17) is 12.2 Å². The van der Waals surface area contributed by atoms with Gasteiger partial charge in [0, 0.05) is 13.0 Å². The second kappa shape index (κ2) is 9.66. The topological polar surface area (TPSA) is 86.7 Å². The van der Waals surface area contributed by atoms with Crippen LogP contribution in [0.25, 0.3) is 6.08 Å². The highest BCUT2D eigenvalue weighted by Gasteiger charge is 2.32. The lowest BCUT2D eigenvalue weighted by molar-refractivity contribution is -0.143. The Hall–Kier alpha value is -2.19. The Morgan fingerprint density at radius 1 is 1.33 bits per heavy atom. The summed E-state index contributed by atoms with van der Waals surface area (Å²) in [5.74, 6) is -1.90. The minimum absolute atomic E-state index is 0.00866. The van der Waals surface area contributed by atoms with Crippen molar-refractivity contribution < 1.29 is 19.5 Å². The quantitative estimate of drug-likeness (QED) is 0.510. The highest BCUT2D eigenvalue weighted by molar-refractivity contribution is 8.26. The SMILES string of the molecule is CCC(C)C(NC(=O)CCN1C(=O)/C(=C/c2ccccc2)SC1=S)C(=O)O. The molecule has 1 aliphatic rings. The minimum Gasteiger partial charge on any atom is -0.480 e. The fourth-order valence-electron chi connectivity index (χ4n) is 2.54. The van der Waals surface area contributed by atoms with Gasteiger partial charge >= 0.3 is 5.97 Å². The van der Waals surface area contributed by atoms with Crippen LogP contribution in [-0.4, -0.2) is 44.7 Å². The smallest absolute Gasteiger partial charge is 0.326 e. The van der Waals surface area contributed by atoms with Crippen LogP contribution in [0.5, 0.6) is 0 Å². The number of carbonyl (C=O) groups is 3. The number of thiocarbonyl (C=S) groups is 1. The summed E-state index contributed by atoms with van der Waals surface area (Å²) in [6.07, 6.45) is 2.39. The Morgan fingerprint density at radius 2 is 2.00 bits per heavy atom. The van der Waals surface area contributed by atoms with Crippen LogP contribution in [0, 0.1) is 5.92 Å². The van der Waals surface area contributed by atoms with Gasteiger partial charge in [0.1, 0.15) is 10.4 Å². The predicted octanol–water partition coefficient (Wildman–Crippen LogP) is 2.89. The van der Waals surface area contributed by atoms with Gasteiger partial charge in [-0.05, 0) is 17.6 Å². The number of rotatable bonds is 8. The fraction of sp³-hybridized carbons (Fsp3) is 0.368. The first kappa shape index (κ1) is 21.1. The lowest BCUT2D eigenvalue weighted by atomic mass is 9.99. The first-order chi connectivity index (χ1) is 12.8. The molecule has 1 heterocycles. The molecule has 8 heteroatoms. The molecule has 1 aromatic carbocycles. The monoisotopic (exact) mass is 406 g/mol. The zero-order valence-corrected chi connectivity index (χ0v) is 16.8. The molecule has 2 N–H and O–H groups in total. The standard InChI is InChI=1S/C19H22N2O4S2/c1-3-12(2)16(18(24)25)20-15(22)9-10-21-17(23)14(27-19(21)26)11-13-7-5-4-6-8-13/h4-8,11-12,16H,3,9-10H2,1-2H3,(H,20,22)(H,24,25)/b14-11-. The Kier molecular flexibility index (Phi) is 7.55. The van der Waals surface area contributed by atoms with Crippen molar-refractivity contribution >= 4 is 52.2 Å². The van der Waals surface area contributed by atoms with E-state index in [2.05, 4.69) is 5.32 Å². The van der Waals surface area contributed by atoms with Crippen LogP contribution in [0.4, 0.5) is 0 Å². The van der Waals surface area contributed by atoms with Crippen molar-refractivity contribution in [2.45, 2.75) is 32.7 Å². The van der Waals surface area contributed by atoms with E-state index in [0.29, 0.717) is 15.6 Å². The molecule has 0 aromatic heterocycles. The Balaban J connectivity index is 1.96. The number of carbonyl (C=O) groups excluding carboxylic acids is 2. The summed E-state index contributed by atoms with van der Waals surface area (Å²) in [5.41, 5.74) is 0.897.